The molecular weight excluding hydrogens is 338 g/mol. The van der Waals surface area contributed by atoms with Crippen molar-refractivity contribution in [2.24, 2.45) is 4.40 Å². The Hall–Kier alpha value is -2.41. The van der Waals surface area contributed by atoms with Gasteiger partial charge in [0.2, 0.25) is 0 Å². The molecule has 25 heavy (non-hydrogen) atoms. The van der Waals surface area contributed by atoms with E-state index >= 15 is 0 Å². The van der Waals surface area contributed by atoms with Crippen LogP contribution < -0.4 is 0 Å². The van der Waals surface area contributed by atoms with E-state index < -0.39 is 10.0 Å². The molecule has 0 bridgehead atoms. The zero-order chi connectivity index (χ0) is 17.9. The summed E-state index contributed by atoms with van der Waals surface area (Å²) in [5, 5.41) is 0. The van der Waals surface area contributed by atoms with Crippen LogP contribution in [0.5, 0.6) is 0 Å². The highest BCUT2D eigenvalue weighted by Crippen LogP contribution is 2.18. The van der Waals surface area contributed by atoms with Crippen molar-refractivity contribution in [1.29, 1.82) is 0 Å². The van der Waals surface area contributed by atoms with Gasteiger partial charge in [0, 0.05) is 25.8 Å². The summed E-state index contributed by atoms with van der Waals surface area (Å²) in [6, 6.07) is 9.87. The first-order chi connectivity index (χ1) is 12.0. The average Bonchev–Trinajstić information content (AvgIpc) is 2.60. The molecule has 0 radical (unpaired) electrons. The predicted octanol–water partition coefficient (Wildman–Crippen LogP) is 1.92. The van der Waals surface area contributed by atoms with Gasteiger partial charge in [0.05, 0.1) is 11.3 Å². The second kappa shape index (κ2) is 7.23. The number of nitrogens with zero attached hydrogens (tertiary/aromatic N) is 3. The lowest BCUT2D eigenvalue weighted by Gasteiger charge is -2.29. The van der Waals surface area contributed by atoms with E-state index in [9.17, 15) is 13.2 Å². The van der Waals surface area contributed by atoms with Gasteiger partial charge >= 0.3 is 0 Å². The number of hydrogen-bond acceptors (Lipinski definition) is 4. The van der Waals surface area contributed by atoms with Crippen molar-refractivity contribution in [1.82, 2.24) is 9.80 Å². The predicted molar refractivity (Wildman–Crippen MR) is 97.3 cm³/mol. The molecule has 1 aromatic rings. The normalized spacial score (nSPS) is 18.2. The van der Waals surface area contributed by atoms with Crippen LogP contribution in [-0.4, -0.2) is 48.8 Å². The lowest BCUT2D eigenvalue weighted by molar-refractivity contribution is -0.127. The second-order valence-electron chi connectivity index (χ2n) is 6.06. The molecule has 0 aliphatic carbocycles. The number of carbonyl (C=O) groups is 1. The van der Waals surface area contributed by atoms with Crippen LogP contribution >= 0.6 is 0 Å². The molecule has 1 aromatic carbocycles. The average molecular weight is 359 g/mol. The lowest BCUT2D eigenvalue weighted by Crippen LogP contribution is -2.39. The number of amides is 1. The molecule has 0 fully saturated rings. The molecule has 0 N–H and O–H groups in total. The van der Waals surface area contributed by atoms with Gasteiger partial charge in [0.25, 0.3) is 15.9 Å². The molecular formula is C18H21N3O3S. The van der Waals surface area contributed by atoms with Crippen LogP contribution in [0.25, 0.3) is 0 Å². The molecule has 132 valence electrons. The number of fused-ring (bicyclic) bond motifs is 1. The Kier molecular flexibility index (Phi) is 5.03. The van der Waals surface area contributed by atoms with E-state index in [1.165, 1.54) is 0 Å². The summed E-state index contributed by atoms with van der Waals surface area (Å²) < 4.78 is 26.9. The molecule has 3 rings (SSSR count). The summed E-state index contributed by atoms with van der Waals surface area (Å²) in [6.45, 7) is 3.56. The number of rotatable bonds is 5. The molecule has 0 aromatic heterocycles. The van der Waals surface area contributed by atoms with E-state index in [-0.39, 0.29) is 11.7 Å². The highest BCUT2D eigenvalue weighted by Gasteiger charge is 2.26. The summed E-state index contributed by atoms with van der Waals surface area (Å²) >= 11 is 0. The maximum atomic E-state index is 12.9. The van der Waals surface area contributed by atoms with E-state index in [0.717, 1.165) is 12.0 Å². The second-order valence-corrected chi connectivity index (χ2v) is 7.81. The van der Waals surface area contributed by atoms with Gasteiger partial charge in [-0.05, 0) is 24.1 Å². The van der Waals surface area contributed by atoms with Gasteiger partial charge in [-0.3, -0.25) is 4.79 Å². The zero-order valence-corrected chi connectivity index (χ0v) is 14.9. The van der Waals surface area contributed by atoms with Crippen LogP contribution in [0, 0.1) is 0 Å². The van der Waals surface area contributed by atoms with Crippen LogP contribution in [0.4, 0.5) is 0 Å². The van der Waals surface area contributed by atoms with Crippen LogP contribution in [0.15, 0.2) is 58.7 Å². The fourth-order valence-electron chi connectivity index (χ4n) is 2.84. The Balaban J connectivity index is 1.79. The summed E-state index contributed by atoms with van der Waals surface area (Å²) in [5.41, 5.74) is 1.62. The monoisotopic (exact) mass is 359 g/mol. The minimum absolute atomic E-state index is 0.0367. The highest BCUT2D eigenvalue weighted by molar-refractivity contribution is 7.90. The van der Waals surface area contributed by atoms with Crippen LogP contribution in [0.2, 0.25) is 0 Å². The van der Waals surface area contributed by atoms with Crippen LogP contribution in [0.1, 0.15) is 18.9 Å². The number of benzene rings is 1. The van der Waals surface area contributed by atoms with Crippen molar-refractivity contribution in [2.45, 2.75) is 19.9 Å². The van der Waals surface area contributed by atoms with Gasteiger partial charge in [-0.15, -0.1) is 4.40 Å². The van der Waals surface area contributed by atoms with Crippen molar-refractivity contribution in [3.63, 3.8) is 0 Å². The van der Waals surface area contributed by atoms with Gasteiger partial charge in [0.1, 0.15) is 5.84 Å². The van der Waals surface area contributed by atoms with Crippen molar-refractivity contribution >= 4 is 21.8 Å². The van der Waals surface area contributed by atoms with Gasteiger partial charge in [-0.2, -0.15) is 0 Å². The highest BCUT2D eigenvalue weighted by atomic mass is 32.2. The lowest BCUT2D eigenvalue weighted by atomic mass is 10.1. The third-order valence-corrected chi connectivity index (χ3v) is 5.23. The van der Waals surface area contributed by atoms with Crippen molar-refractivity contribution in [2.75, 3.05) is 18.8 Å². The largest absolute Gasteiger partial charge is 0.334 e. The SMILES string of the molecule is CCCN(Cc1ccccc1)C(=O)C1=CN2CCS(=O)(=O)N=C2C=C1. The van der Waals surface area contributed by atoms with Gasteiger partial charge < -0.3 is 9.80 Å². The Bertz CT molecular complexity index is 842. The first-order valence-electron chi connectivity index (χ1n) is 8.31. The molecule has 0 spiro atoms. The molecule has 0 saturated carbocycles. The number of hydrogen-bond donors (Lipinski definition) is 0. The zero-order valence-electron chi connectivity index (χ0n) is 14.1. The topological polar surface area (TPSA) is 70.1 Å². The Morgan fingerprint density at radius 3 is 2.72 bits per heavy atom. The Morgan fingerprint density at radius 1 is 1.24 bits per heavy atom. The summed E-state index contributed by atoms with van der Waals surface area (Å²) in [4.78, 5) is 16.5. The van der Waals surface area contributed by atoms with Crippen LogP contribution in [0.3, 0.4) is 0 Å². The standard InChI is InChI=1S/C18H21N3O3S/c1-2-10-21(13-15-6-4-3-5-7-15)18(22)16-8-9-17-19-25(23,24)12-11-20(17)14-16/h3-9,14H,2,10-13H2,1H3. The molecule has 0 unspecified atom stereocenters. The minimum atomic E-state index is -3.39. The van der Waals surface area contributed by atoms with Crippen LogP contribution in [-0.2, 0) is 21.4 Å². The summed E-state index contributed by atoms with van der Waals surface area (Å²) in [5.74, 6) is 0.271. The first-order valence-corrected chi connectivity index (χ1v) is 9.92. The summed E-state index contributed by atoms with van der Waals surface area (Å²) in [6.07, 6.45) is 5.80. The van der Waals surface area contributed by atoms with E-state index in [0.29, 0.717) is 31.0 Å². The molecule has 2 aliphatic heterocycles. The molecule has 1 amide bonds. The third-order valence-electron chi connectivity index (χ3n) is 4.07. The molecule has 7 heteroatoms. The van der Waals surface area contributed by atoms with Gasteiger partial charge in [-0.25, -0.2) is 8.42 Å². The maximum Gasteiger partial charge on any atom is 0.256 e. The summed E-state index contributed by atoms with van der Waals surface area (Å²) in [7, 11) is -3.39. The van der Waals surface area contributed by atoms with Gasteiger partial charge in [0.15, 0.2) is 0 Å². The van der Waals surface area contributed by atoms with Crippen molar-refractivity contribution < 1.29 is 13.2 Å². The molecule has 2 heterocycles. The molecule has 0 saturated heterocycles. The fourth-order valence-corrected chi connectivity index (χ4v) is 3.81. The van der Waals surface area contributed by atoms with Crippen molar-refractivity contribution in [3.05, 3.63) is 59.8 Å². The molecule has 2 aliphatic rings. The fraction of sp³-hybridized carbons (Fsp3) is 0.333. The van der Waals surface area contributed by atoms with E-state index in [1.807, 2.05) is 42.2 Å². The Morgan fingerprint density at radius 2 is 2.00 bits per heavy atom. The van der Waals surface area contributed by atoms with E-state index in [1.54, 1.807) is 23.3 Å². The number of sulfonamides is 1. The van der Waals surface area contributed by atoms with E-state index in [2.05, 4.69) is 4.40 Å². The Labute approximate surface area is 148 Å². The molecule has 0 atom stereocenters. The maximum absolute atomic E-state index is 12.9. The molecule has 6 nitrogen and oxygen atoms in total. The van der Waals surface area contributed by atoms with E-state index in [4.69, 9.17) is 0 Å². The van der Waals surface area contributed by atoms with Gasteiger partial charge in [-0.1, -0.05) is 37.3 Å². The first kappa shape index (κ1) is 17.4. The minimum Gasteiger partial charge on any atom is -0.334 e. The number of carbonyl (C=O) groups excluding carboxylic acids is 1. The number of amidine groups is 1. The van der Waals surface area contributed by atoms with Crippen molar-refractivity contribution in [3.8, 4) is 0 Å². The third kappa shape index (κ3) is 4.17. The smallest absolute Gasteiger partial charge is 0.256 e. The quantitative estimate of drug-likeness (QED) is 0.805.